The zero-order chi connectivity index (χ0) is 26.9. The summed E-state index contributed by atoms with van der Waals surface area (Å²) in [6.45, 7) is 5.34. The molecular formula is C32H35ClN4O2. The number of carbonyl (C=O) groups excluding carboxylic acids is 1. The van der Waals surface area contributed by atoms with Crippen LogP contribution in [-0.2, 0) is 4.74 Å². The van der Waals surface area contributed by atoms with Gasteiger partial charge in [-0.2, -0.15) is 0 Å². The van der Waals surface area contributed by atoms with Gasteiger partial charge < -0.3 is 9.64 Å². The zero-order valence-corrected chi connectivity index (χ0v) is 22.9. The molecule has 0 aliphatic carbocycles. The Morgan fingerprint density at radius 2 is 1.56 bits per heavy atom. The lowest BCUT2D eigenvalue weighted by atomic mass is 9.88. The average Bonchev–Trinajstić information content (AvgIpc) is 3.44. The van der Waals surface area contributed by atoms with Crippen LogP contribution in [0, 0.1) is 0 Å². The normalized spacial score (nSPS) is 15.6. The summed E-state index contributed by atoms with van der Waals surface area (Å²) < 4.78 is 5.51. The lowest BCUT2D eigenvalue weighted by Gasteiger charge is -2.31. The number of nitrogens with one attached hydrogen (secondary N) is 1. The van der Waals surface area contributed by atoms with Crippen molar-refractivity contribution in [1.29, 1.82) is 0 Å². The molecule has 1 fully saturated rings. The Morgan fingerprint density at radius 1 is 0.923 bits per heavy atom. The van der Waals surface area contributed by atoms with Crippen LogP contribution >= 0.6 is 11.6 Å². The van der Waals surface area contributed by atoms with Gasteiger partial charge >= 0.3 is 6.03 Å². The van der Waals surface area contributed by atoms with E-state index in [9.17, 15) is 4.79 Å². The molecule has 0 spiro atoms. The highest BCUT2D eigenvalue weighted by atomic mass is 35.5. The van der Waals surface area contributed by atoms with Gasteiger partial charge in [-0.05, 0) is 23.6 Å². The number of urea groups is 1. The molecule has 2 heterocycles. The van der Waals surface area contributed by atoms with Gasteiger partial charge in [0.05, 0.1) is 18.9 Å². The highest BCUT2D eigenvalue weighted by molar-refractivity contribution is 6.32. The van der Waals surface area contributed by atoms with E-state index < -0.39 is 0 Å². The van der Waals surface area contributed by atoms with E-state index in [0.717, 1.165) is 50.5 Å². The monoisotopic (exact) mass is 542 g/mol. The number of benzene rings is 3. The number of halogens is 1. The molecule has 39 heavy (non-hydrogen) atoms. The van der Waals surface area contributed by atoms with Crippen LogP contribution in [0.15, 0.2) is 96.0 Å². The van der Waals surface area contributed by atoms with Crippen molar-refractivity contribution in [2.24, 2.45) is 4.99 Å². The number of carbonyl (C=O) groups is 1. The second kappa shape index (κ2) is 13.6. The quantitative estimate of drug-likeness (QED) is 0.358. The number of ether oxygens (including phenoxy) is 1. The van der Waals surface area contributed by atoms with Crippen molar-refractivity contribution in [1.82, 2.24) is 15.1 Å². The molecule has 2 aliphatic heterocycles. The Labute approximate surface area is 235 Å². The maximum atomic E-state index is 13.6. The molecular weight excluding hydrogens is 508 g/mol. The molecule has 3 aromatic carbocycles. The molecule has 1 N–H and O–H groups in total. The third-order valence-corrected chi connectivity index (χ3v) is 7.64. The topological polar surface area (TPSA) is 57.2 Å². The highest BCUT2D eigenvalue weighted by Gasteiger charge is 2.22. The molecule has 6 nitrogen and oxygen atoms in total. The minimum Gasteiger partial charge on any atom is -0.379 e. The SMILES string of the molecule is O=C(NC1=NC(c2ccccc2Cl)=CC1)N(CCC(c1ccccc1)c1ccccc1)CCN1CCOCC1. The summed E-state index contributed by atoms with van der Waals surface area (Å²) in [5.74, 6) is 0.845. The van der Waals surface area contributed by atoms with E-state index in [1.807, 2.05) is 47.4 Å². The molecule has 7 heteroatoms. The fraction of sp³-hybridized carbons (Fsp3) is 0.312. The van der Waals surface area contributed by atoms with Gasteiger partial charge in [0.2, 0.25) is 0 Å². The molecule has 3 aromatic rings. The minimum absolute atomic E-state index is 0.115. The Hall–Kier alpha value is -3.45. The second-order valence-electron chi connectivity index (χ2n) is 9.87. The summed E-state index contributed by atoms with van der Waals surface area (Å²) in [6.07, 6.45) is 3.40. The maximum Gasteiger partial charge on any atom is 0.322 e. The van der Waals surface area contributed by atoms with Crippen molar-refractivity contribution in [3.05, 3.63) is 113 Å². The van der Waals surface area contributed by atoms with E-state index in [1.54, 1.807) is 0 Å². The van der Waals surface area contributed by atoms with Crippen molar-refractivity contribution in [3.8, 4) is 0 Å². The van der Waals surface area contributed by atoms with E-state index in [0.29, 0.717) is 30.4 Å². The summed E-state index contributed by atoms with van der Waals surface area (Å²) in [5, 5.41) is 3.74. The first-order valence-electron chi connectivity index (χ1n) is 13.7. The number of nitrogens with zero attached hydrogens (tertiary/aromatic N) is 3. The largest absolute Gasteiger partial charge is 0.379 e. The fourth-order valence-electron chi connectivity index (χ4n) is 5.13. The third kappa shape index (κ3) is 7.35. The van der Waals surface area contributed by atoms with Crippen molar-refractivity contribution >= 4 is 29.2 Å². The molecule has 1 saturated heterocycles. The second-order valence-corrected chi connectivity index (χ2v) is 10.3. The average molecular weight is 543 g/mol. The molecule has 2 aliphatic rings. The van der Waals surface area contributed by atoms with Gasteiger partial charge in [-0.25, -0.2) is 9.79 Å². The van der Waals surface area contributed by atoms with Crippen molar-refractivity contribution in [3.63, 3.8) is 0 Å². The van der Waals surface area contributed by atoms with E-state index in [2.05, 4.69) is 63.7 Å². The number of amides is 2. The summed E-state index contributed by atoms with van der Waals surface area (Å²) in [7, 11) is 0. The Kier molecular flexibility index (Phi) is 9.43. The first-order valence-corrected chi connectivity index (χ1v) is 14.0. The van der Waals surface area contributed by atoms with E-state index in [1.165, 1.54) is 11.1 Å². The highest BCUT2D eigenvalue weighted by Crippen LogP contribution is 2.29. The third-order valence-electron chi connectivity index (χ3n) is 7.31. The van der Waals surface area contributed by atoms with E-state index in [4.69, 9.17) is 16.3 Å². The molecule has 2 amide bonds. The molecule has 0 radical (unpaired) electrons. The first-order chi connectivity index (χ1) is 19.2. The summed E-state index contributed by atoms with van der Waals surface area (Å²) in [4.78, 5) is 22.6. The van der Waals surface area contributed by atoms with E-state index in [-0.39, 0.29) is 11.9 Å². The molecule has 202 valence electrons. The van der Waals surface area contributed by atoms with Crippen LogP contribution in [0.25, 0.3) is 5.70 Å². The molecule has 0 unspecified atom stereocenters. The standard InChI is InChI=1S/C32H35ClN4O2/c33-29-14-8-7-13-28(29)30-15-16-31(34-30)35-32(38)37(20-19-36-21-23-39-24-22-36)18-17-27(25-9-3-1-4-10-25)26-11-5-2-6-12-26/h1-15,27H,16-24H2,(H,34,35,38). The van der Waals surface area contributed by atoms with Gasteiger partial charge in [0, 0.05) is 55.6 Å². The molecule has 0 aromatic heterocycles. The van der Waals surface area contributed by atoms with Gasteiger partial charge in [-0.3, -0.25) is 10.2 Å². The summed E-state index contributed by atoms with van der Waals surface area (Å²) in [6, 6.07) is 28.6. The number of amidine groups is 1. The Morgan fingerprint density at radius 3 is 2.23 bits per heavy atom. The Bertz CT molecular complexity index is 1250. The van der Waals surface area contributed by atoms with Crippen molar-refractivity contribution in [2.45, 2.75) is 18.8 Å². The molecule has 0 saturated carbocycles. The summed E-state index contributed by atoms with van der Waals surface area (Å²) >= 11 is 6.38. The lowest BCUT2D eigenvalue weighted by molar-refractivity contribution is 0.0349. The number of aliphatic imine (C=N–C) groups is 1. The minimum atomic E-state index is -0.115. The zero-order valence-electron chi connectivity index (χ0n) is 22.1. The molecule has 5 rings (SSSR count). The van der Waals surface area contributed by atoms with Crippen LogP contribution in [0.1, 0.15) is 35.4 Å². The lowest BCUT2D eigenvalue weighted by Crippen LogP contribution is -2.47. The van der Waals surface area contributed by atoms with Gasteiger partial charge in [0.25, 0.3) is 0 Å². The number of hydrogen-bond acceptors (Lipinski definition) is 4. The van der Waals surface area contributed by atoms with Crippen LogP contribution in [0.5, 0.6) is 0 Å². The van der Waals surface area contributed by atoms with Gasteiger partial charge in [0.1, 0.15) is 5.84 Å². The van der Waals surface area contributed by atoms with Crippen LogP contribution in [0.3, 0.4) is 0 Å². The van der Waals surface area contributed by atoms with Crippen LogP contribution in [0.2, 0.25) is 5.02 Å². The van der Waals surface area contributed by atoms with Crippen molar-refractivity contribution in [2.75, 3.05) is 45.9 Å². The van der Waals surface area contributed by atoms with E-state index >= 15 is 0 Å². The molecule has 0 bridgehead atoms. The maximum absolute atomic E-state index is 13.6. The molecule has 0 atom stereocenters. The summed E-state index contributed by atoms with van der Waals surface area (Å²) in [5.41, 5.74) is 4.18. The van der Waals surface area contributed by atoms with Crippen LogP contribution < -0.4 is 5.32 Å². The van der Waals surface area contributed by atoms with Crippen LogP contribution in [-0.4, -0.2) is 67.6 Å². The number of hydrogen-bond donors (Lipinski definition) is 1. The smallest absolute Gasteiger partial charge is 0.322 e. The predicted molar refractivity (Wildman–Crippen MR) is 158 cm³/mol. The van der Waals surface area contributed by atoms with Gasteiger partial charge in [0.15, 0.2) is 0 Å². The van der Waals surface area contributed by atoms with Gasteiger partial charge in [-0.15, -0.1) is 0 Å². The van der Waals surface area contributed by atoms with Gasteiger partial charge in [-0.1, -0.05) is 96.5 Å². The fourth-order valence-corrected chi connectivity index (χ4v) is 5.37. The van der Waals surface area contributed by atoms with Crippen LogP contribution in [0.4, 0.5) is 4.79 Å². The van der Waals surface area contributed by atoms with Crippen molar-refractivity contribution < 1.29 is 9.53 Å². The Balaban J connectivity index is 1.29. The number of morpholine rings is 1. The first kappa shape index (κ1) is 27.1. The number of rotatable bonds is 9. The predicted octanol–water partition coefficient (Wildman–Crippen LogP) is 6.05.